The fraction of sp³-hybridized carbons (Fsp3) is 0.294. The van der Waals surface area contributed by atoms with Gasteiger partial charge in [-0.05, 0) is 24.8 Å². The van der Waals surface area contributed by atoms with E-state index in [1.54, 1.807) is 4.57 Å². The van der Waals surface area contributed by atoms with Crippen molar-refractivity contribution in [3.8, 4) is 0 Å². The summed E-state index contributed by atoms with van der Waals surface area (Å²) in [6.07, 6.45) is 1.46. The molecular formula is C17H21N5O2S. The lowest BCUT2D eigenvalue weighted by Crippen LogP contribution is -2.19. The molecule has 1 aromatic carbocycles. The van der Waals surface area contributed by atoms with Crippen LogP contribution in [0, 0.1) is 0 Å². The van der Waals surface area contributed by atoms with Crippen molar-refractivity contribution in [2.75, 3.05) is 18.1 Å². The molecule has 2 aromatic rings. The highest BCUT2D eigenvalue weighted by atomic mass is 32.2. The molecule has 1 heterocycles. The maximum absolute atomic E-state index is 12.1. The quantitative estimate of drug-likeness (QED) is 0.611. The number of rotatable bonds is 6. The van der Waals surface area contributed by atoms with Crippen molar-refractivity contribution >= 4 is 40.1 Å². The monoisotopic (exact) mass is 359 g/mol. The molecule has 1 aromatic heterocycles. The Bertz CT molecular complexity index is 771. The lowest BCUT2D eigenvalue weighted by Gasteiger charge is -2.10. The van der Waals surface area contributed by atoms with Crippen LogP contribution in [-0.2, 0) is 11.3 Å². The number of aromatic nitrogens is 2. The van der Waals surface area contributed by atoms with Crippen LogP contribution in [0.5, 0.6) is 0 Å². The number of carbonyl (C=O) groups excluding carboxylic acids is 2. The summed E-state index contributed by atoms with van der Waals surface area (Å²) in [6.45, 7) is 3.61. The van der Waals surface area contributed by atoms with Crippen molar-refractivity contribution in [2.24, 2.45) is 4.99 Å². The normalized spacial score (nSPS) is 11.2. The number of nitrogens with one attached hydrogen (secondary N) is 2. The summed E-state index contributed by atoms with van der Waals surface area (Å²) >= 11 is 1.51. The van der Waals surface area contributed by atoms with E-state index < -0.39 is 0 Å². The standard InChI is InChI=1S/C17H21N5O2S/c1-4-25-17(20-13-8-6-5-7-9-13)21-15-14(16(24)18-3)19-11-22(15)10-12(2)23/h5-9,11H,4,10H2,1-3H3,(H,18,24)(H,20,21). The van der Waals surface area contributed by atoms with Gasteiger partial charge in [-0.15, -0.1) is 0 Å². The van der Waals surface area contributed by atoms with Crippen molar-refractivity contribution < 1.29 is 9.59 Å². The summed E-state index contributed by atoms with van der Waals surface area (Å²) in [5.74, 6) is 0.767. The highest BCUT2D eigenvalue weighted by Crippen LogP contribution is 2.22. The number of carbonyl (C=O) groups is 2. The van der Waals surface area contributed by atoms with Crippen molar-refractivity contribution in [1.29, 1.82) is 0 Å². The number of amides is 1. The van der Waals surface area contributed by atoms with Crippen molar-refractivity contribution in [3.63, 3.8) is 0 Å². The Kier molecular flexibility index (Phi) is 6.76. The number of nitrogens with zero attached hydrogens (tertiary/aromatic N) is 3. The first-order valence-corrected chi connectivity index (χ1v) is 8.84. The molecule has 0 aliphatic rings. The summed E-state index contributed by atoms with van der Waals surface area (Å²) in [7, 11) is 1.53. The Morgan fingerprint density at radius 3 is 2.60 bits per heavy atom. The van der Waals surface area contributed by atoms with Crippen LogP contribution in [0.1, 0.15) is 24.3 Å². The summed E-state index contributed by atoms with van der Waals surface area (Å²) in [4.78, 5) is 32.3. The van der Waals surface area contributed by atoms with E-state index in [9.17, 15) is 9.59 Å². The second kappa shape index (κ2) is 9.03. The number of ketones is 1. The Morgan fingerprint density at radius 1 is 1.28 bits per heavy atom. The number of Topliss-reactive ketones (excluding diaryl/α,β-unsaturated/α-hetero) is 1. The van der Waals surface area contributed by atoms with Crippen LogP contribution in [0.15, 0.2) is 41.7 Å². The maximum atomic E-state index is 12.1. The summed E-state index contributed by atoms with van der Waals surface area (Å²) in [5, 5.41) is 6.41. The zero-order valence-electron chi connectivity index (χ0n) is 14.4. The van der Waals surface area contributed by atoms with Crippen LogP contribution in [0.2, 0.25) is 0 Å². The smallest absolute Gasteiger partial charge is 0.273 e. The fourth-order valence-electron chi connectivity index (χ4n) is 2.10. The minimum atomic E-state index is -0.346. The average molecular weight is 359 g/mol. The van der Waals surface area contributed by atoms with E-state index in [2.05, 4.69) is 20.6 Å². The number of aliphatic imine (C=N–C) groups is 1. The van der Waals surface area contributed by atoms with Crippen LogP contribution >= 0.6 is 11.8 Å². The minimum absolute atomic E-state index is 0.0435. The molecule has 0 radical (unpaired) electrons. The number of imidazole rings is 1. The second-order valence-corrected chi connectivity index (χ2v) is 6.42. The van der Waals surface area contributed by atoms with E-state index >= 15 is 0 Å². The minimum Gasteiger partial charge on any atom is -0.354 e. The molecule has 132 valence electrons. The van der Waals surface area contributed by atoms with Crippen LogP contribution in [-0.4, -0.2) is 39.2 Å². The lowest BCUT2D eigenvalue weighted by molar-refractivity contribution is -0.117. The van der Waals surface area contributed by atoms with E-state index in [4.69, 9.17) is 0 Å². The van der Waals surface area contributed by atoms with Crippen LogP contribution in [0.25, 0.3) is 0 Å². The summed E-state index contributed by atoms with van der Waals surface area (Å²) in [5.41, 5.74) is 1.08. The zero-order valence-corrected chi connectivity index (χ0v) is 15.3. The predicted molar refractivity (Wildman–Crippen MR) is 102 cm³/mol. The molecule has 0 saturated carbocycles. The number of thioether (sulfide) groups is 1. The summed E-state index contributed by atoms with van der Waals surface area (Å²) < 4.78 is 1.58. The highest BCUT2D eigenvalue weighted by Gasteiger charge is 2.18. The number of hydrogen-bond acceptors (Lipinski definition) is 5. The van der Waals surface area contributed by atoms with Gasteiger partial charge in [0.15, 0.2) is 16.7 Å². The molecule has 0 aliphatic heterocycles. The first-order valence-electron chi connectivity index (χ1n) is 7.85. The Hall–Kier alpha value is -2.61. The van der Waals surface area contributed by atoms with Gasteiger partial charge < -0.3 is 15.2 Å². The van der Waals surface area contributed by atoms with Gasteiger partial charge in [0.2, 0.25) is 0 Å². The van der Waals surface area contributed by atoms with Gasteiger partial charge in [-0.25, -0.2) is 9.98 Å². The number of anilines is 1. The Labute approximate surface area is 150 Å². The average Bonchev–Trinajstić information content (AvgIpc) is 2.97. The molecule has 1 amide bonds. The van der Waals surface area contributed by atoms with Gasteiger partial charge in [0.05, 0.1) is 12.9 Å². The van der Waals surface area contributed by atoms with Gasteiger partial charge in [0.25, 0.3) is 5.91 Å². The van der Waals surface area contributed by atoms with Gasteiger partial charge >= 0.3 is 0 Å². The molecule has 2 N–H and O–H groups in total. The van der Waals surface area contributed by atoms with Crippen molar-refractivity contribution in [3.05, 3.63) is 42.4 Å². The van der Waals surface area contributed by atoms with E-state index in [1.807, 2.05) is 37.3 Å². The molecule has 25 heavy (non-hydrogen) atoms. The van der Waals surface area contributed by atoms with Gasteiger partial charge in [-0.3, -0.25) is 9.59 Å². The van der Waals surface area contributed by atoms with E-state index in [-0.39, 0.29) is 23.9 Å². The predicted octanol–water partition coefficient (Wildman–Crippen LogP) is 2.68. The van der Waals surface area contributed by atoms with E-state index in [1.165, 1.54) is 32.1 Å². The summed E-state index contributed by atoms with van der Waals surface area (Å²) in [6, 6.07) is 9.64. The Morgan fingerprint density at radius 2 is 2.00 bits per heavy atom. The first-order chi connectivity index (χ1) is 12.0. The fourth-order valence-corrected chi connectivity index (χ4v) is 2.72. The number of para-hydroxylation sites is 1. The van der Waals surface area contributed by atoms with E-state index in [0.717, 1.165) is 11.4 Å². The molecule has 0 saturated heterocycles. The number of amidine groups is 1. The van der Waals surface area contributed by atoms with Gasteiger partial charge in [0, 0.05) is 12.7 Å². The molecule has 2 rings (SSSR count). The maximum Gasteiger partial charge on any atom is 0.273 e. The highest BCUT2D eigenvalue weighted by molar-refractivity contribution is 8.14. The molecule has 0 bridgehead atoms. The molecule has 7 nitrogen and oxygen atoms in total. The molecule has 0 unspecified atom stereocenters. The SMILES string of the molecule is CCSC(=Nc1c(C(=O)NC)ncn1CC(C)=O)Nc1ccccc1. The topological polar surface area (TPSA) is 88.4 Å². The largest absolute Gasteiger partial charge is 0.354 e. The third kappa shape index (κ3) is 5.18. The van der Waals surface area contributed by atoms with Gasteiger partial charge in [0.1, 0.15) is 5.78 Å². The zero-order chi connectivity index (χ0) is 18.2. The molecule has 0 atom stereocenters. The number of hydrogen-bond donors (Lipinski definition) is 2. The molecular weight excluding hydrogens is 338 g/mol. The van der Waals surface area contributed by atoms with E-state index in [0.29, 0.717) is 11.0 Å². The lowest BCUT2D eigenvalue weighted by atomic mass is 10.3. The molecule has 0 aliphatic carbocycles. The van der Waals surface area contributed by atoms with Crippen molar-refractivity contribution in [2.45, 2.75) is 20.4 Å². The molecule has 0 fully saturated rings. The van der Waals surface area contributed by atoms with Crippen LogP contribution in [0.3, 0.4) is 0 Å². The first kappa shape index (κ1) is 18.7. The van der Waals surface area contributed by atoms with Crippen molar-refractivity contribution in [1.82, 2.24) is 14.9 Å². The molecule has 8 heteroatoms. The number of benzene rings is 1. The second-order valence-electron chi connectivity index (χ2n) is 5.17. The van der Waals surface area contributed by atoms with Gasteiger partial charge in [-0.2, -0.15) is 0 Å². The van der Waals surface area contributed by atoms with Crippen LogP contribution < -0.4 is 10.6 Å². The Balaban J connectivity index is 2.43. The molecule has 0 spiro atoms. The third-order valence-corrected chi connectivity index (χ3v) is 3.91. The van der Waals surface area contributed by atoms with Gasteiger partial charge in [-0.1, -0.05) is 36.9 Å². The third-order valence-electron chi connectivity index (χ3n) is 3.16. The van der Waals surface area contributed by atoms with Crippen LogP contribution in [0.4, 0.5) is 11.5 Å².